The van der Waals surface area contributed by atoms with Gasteiger partial charge in [0.25, 0.3) is 0 Å². The number of rotatable bonds is 3. The van der Waals surface area contributed by atoms with Gasteiger partial charge in [-0.2, -0.15) is 5.10 Å². The van der Waals surface area contributed by atoms with Gasteiger partial charge >= 0.3 is 0 Å². The van der Waals surface area contributed by atoms with Crippen LogP contribution in [0.2, 0.25) is 0 Å². The first-order valence-corrected chi connectivity index (χ1v) is 9.47. The van der Waals surface area contributed by atoms with Crippen LogP contribution in [0.15, 0.2) is 85.3 Å². The highest BCUT2D eigenvalue weighted by molar-refractivity contribution is 5.89. The van der Waals surface area contributed by atoms with E-state index in [0.717, 1.165) is 28.2 Å². The van der Waals surface area contributed by atoms with E-state index in [0.29, 0.717) is 6.42 Å². The third-order valence-electron chi connectivity index (χ3n) is 5.18. The zero-order chi connectivity index (χ0) is 19.2. The number of aromatic nitrogens is 6. The number of nitrogens with zero attached hydrogens (tertiary/aromatic N) is 6. The van der Waals surface area contributed by atoms with Crippen molar-refractivity contribution in [2.24, 2.45) is 0 Å². The Labute approximate surface area is 166 Å². The van der Waals surface area contributed by atoms with Gasteiger partial charge in [-0.15, -0.1) is 5.10 Å². The first-order chi connectivity index (χ1) is 14.4. The van der Waals surface area contributed by atoms with Gasteiger partial charge in [0, 0.05) is 6.42 Å². The normalized spacial score (nSPS) is 11.6. The van der Waals surface area contributed by atoms with E-state index in [2.05, 4.69) is 57.6 Å². The van der Waals surface area contributed by atoms with Gasteiger partial charge < -0.3 is 0 Å². The van der Waals surface area contributed by atoms with Crippen molar-refractivity contribution in [3.63, 3.8) is 0 Å². The van der Waals surface area contributed by atoms with Crippen molar-refractivity contribution in [3.05, 3.63) is 96.7 Å². The fourth-order valence-electron chi connectivity index (χ4n) is 3.82. The van der Waals surface area contributed by atoms with Crippen LogP contribution in [-0.4, -0.2) is 29.4 Å². The highest BCUT2D eigenvalue weighted by Crippen LogP contribution is 2.23. The van der Waals surface area contributed by atoms with Gasteiger partial charge in [-0.1, -0.05) is 60.7 Å². The van der Waals surface area contributed by atoms with Crippen LogP contribution >= 0.6 is 0 Å². The fraction of sp³-hybridized carbons (Fsp3) is 0.0435. The van der Waals surface area contributed by atoms with Gasteiger partial charge in [0.2, 0.25) is 0 Å². The molecular formula is C23H16N6. The molecule has 0 aliphatic carbocycles. The van der Waals surface area contributed by atoms with Crippen LogP contribution in [0.1, 0.15) is 11.4 Å². The number of fused-ring (bicyclic) bond motifs is 4. The van der Waals surface area contributed by atoms with E-state index in [1.54, 1.807) is 17.0 Å². The second kappa shape index (κ2) is 6.24. The van der Waals surface area contributed by atoms with Crippen LogP contribution in [0, 0.1) is 0 Å². The summed E-state index contributed by atoms with van der Waals surface area (Å²) in [7, 11) is 0. The van der Waals surface area contributed by atoms with Crippen molar-refractivity contribution in [3.8, 4) is 5.69 Å². The molecule has 0 spiro atoms. The minimum Gasteiger partial charge on any atom is -0.216 e. The van der Waals surface area contributed by atoms with E-state index in [4.69, 9.17) is 4.98 Å². The summed E-state index contributed by atoms with van der Waals surface area (Å²) in [5.74, 6) is 0.767. The predicted octanol–water partition coefficient (Wildman–Crippen LogP) is 4.21. The molecule has 0 saturated heterocycles. The van der Waals surface area contributed by atoms with Crippen LogP contribution in [0.5, 0.6) is 0 Å². The van der Waals surface area contributed by atoms with Crippen LogP contribution in [-0.2, 0) is 6.42 Å². The molecule has 0 aliphatic rings. The summed E-state index contributed by atoms with van der Waals surface area (Å²) >= 11 is 0. The molecule has 0 saturated carbocycles. The lowest BCUT2D eigenvalue weighted by molar-refractivity contribution is 0.866. The van der Waals surface area contributed by atoms with E-state index < -0.39 is 0 Å². The highest BCUT2D eigenvalue weighted by atomic mass is 15.3. The number of benzene rings is 3. The Hall–Kier alpha value is -4.06. The van der Waals surface area contributed by atoms with Crippen molar-refractivity contribution in [2.45, 2.75) is 6.42 Å². The van der Waals surface area contributed by atoms with Crippen molar-refractivity contribution < 1.29 is 0 Å². The smallest absolute Gasteiger partial charge is 0.170 e. The first-order valence-electron chi connectivity index (χ1n) is 9.47. The summed E-state index contributed by atoms with van der Waals surface area (Å²) < 4.78 is 3.56. The molecule has 6 nitrogen and oxygen atoms in total. The lowest BCUT2D eigenvalue weighted by Gasteiger charge is -2.03. The fourth-order valence-corrected chi connectivity index (χ4v) is 3.82. The maximum atomic E-state index is 4.81. The van der Waals surface area contributed by atoms with Crippen molar-refractivity contribution in [1.82, 2.24) is 29.4 Å². The van der Waals surface area contributed by atoms with Gasteiger partial charge in [0.05, 0.1) is 17.3 Å². The van der Waals surface area contributed by atoms with Crippen LogP contribution in [0.3, 0.4) is 0 Å². The quantitative estimate of drug-likeness (QED) is 0.464. The maximum Gasteiger partial charge on any atom is 0.170 e. The molecule has 0 bridgehead atoms. The molecule has 3 aromatic carbocycles. The van der Waals surface area contributed by atoms with Gasteiger partial charge in [-0.25, -0.2) is 19.2 Å². The Balaban J connectivity index is 1.46. The average molecular weight is 376 g/mol. The third-order valence-corrected chi connectivity index (χ3v) is 5.18. The van der Waals surface area contributed by atoms with Gasteiger partial charge in [0.1, 0.15) is 6.33 Å². The molecule has 0 aliphatic heterocycles. The van der Waals surface area contributed by atoms with Crippen LogP contribution in [0.4, 0.5) is 0 Å². The molecule has 0 radical (unpaired) electrons. The van der Waals surface area contributed by atoms with E-state index in [1.807, 2.05) is 35.0 Å². The van der Waals surface area contributed by atoms with Crippen LogP contribution in [0.25, 0.3) is 33.1 Å². The van der Waals surface area contributed by atoms with Crippen molar-refractivity contribution in [2.75, 3.05) is 0 Å². The monoisotopic (exact) mass is 376 g/mol. The highest BCUT2D eigenvalue weighted by Gasteiger charge is 2.14. The lowest BCUT2D eigenvalue weighted by atomic mass is 10.0. The Bertz CT molecular complexity index is 1470. The number of hydrogen-bond donors (Lipinski definition) is 0. The van der Waals surface area contributed by atoms with E-state index in [1.165, 1.54) is 16.3 Å². The predicted molar refractivity (Wildman–Crippen MR) is 112 cm³/mol. The zero-order valence-corrected chi connectivity index (χ0v) is 15.5. The van der Waals surface area contributed by atoms with Crippen LogP contribution < -0.4 is 0 Å². The second-order valence-electron chi connectivity index (χ2n) is 6.99. The molecule has 0 fully saturated rings. The summed E-state index contributed by atoms with van der Waals surface area (Å²) in [6.45, 7) is 0. The molecule has 0 atom stereocenters. The molecule has 3 heterocycles. The topological polar surface area (TPSA) is 60.9 Å². The van der Waals surface area contributed by atoms with Gasteiger partial charge in [0.15, 0.2) is 17.1 Å². The average Bonchev–Trinajstić information content (AvgIpc) is 3.38. The summed E-state index contributed by atoms with van der Waals surface area (Å²) in [5.41, 5.74) is 3.72. The molecule has 6 rings (SSSR count). The lowest BCUT2D eigenvalue weighted by Crippen LogP contribution is -1.98. The Morgan fingerprint density at radius 1 is 0.759 bits per heavy atom. The third kappa shape index (κ3) is 2.57. The Kier molecular flexibility index (Phi) is 3.43. The molecular weight excluding hydrogens is 360 g/mol. The summed E-state index contributed by atoms with van der Waals surface area (Å²) in [5, 5.41) is 12.5. The second-order valence-corrected chi connectivity index (χ2v) is 6.99. The standard InChI is InChI=1S/C23H16N6/c1-2-10-18(11-3-1)29-22-20(14-25-29)23-26-21(27-28(23)15-24-22)13-17-9-6-8-16-7-4-5-12-19(16)17/h1-12,14-15H,13H2. The SMILES string of the molecule is c1ccc(-n2ncc3c2ncn2nc(Cc4cccc5ccccc45)nc32)cc1. The first kappa shape index (κ1) is 15.9. The van der Waals surface area contributed by atoms with Gasteiger partial charge in [-0.3, -0.25) is 0 Å². The molecule has 6 heteroatoms. The van der Waals surface area contributed by atoms with Crippen molar-refractivity contribution in [1.29, 1.82) is 0 Å². The summed E-state index contributed by atoms with van der Waals surface area (Å²) in [4.78, 5) is 9.39. The minimum atomic E-state index is 0.664. The van der Waals surface area contributed by atoms with Crippen molar-refractivity contribution >= 4 is 27.5 Å². The van der Waals surface area contributed by atoms with E-state index in [-0.39, 0.29) is 0 Å². The molecule has 0 unspecified atom stereocenters. The summed E-state index contributed by atoms with van der Waals surface area (Å²) in [6.07, 6.45) is 4.18. The van der Waals surface area contributed by atoms with E-state index >= 15 is 0 Å². The molecule has 6 aromatic rings. The number of para-hydroxylation sites is 1. The molecule has 138 valence electrons. The van der Waals surface area contributed by atoms with E-state index in [9.17, 15) is 0 Å². The largest absolute Gasteiger partial charge is 0.216 e. The molecule has 3 aromatic heterocycles. The number of hydrogen-bond acceptors (Lipinski definition) is 4. The Morgan fingerprint density at radius 2 is 1.59 bits per heavy atom. The maximum absolute atomic E-state index is 4.81. The molecule has 0 amide bonds. The molecule has 0 N–H and O–H groups in total. The summed E-state index contributed by atoms with van der Waals surface area (Å²) in [6, 6.07) is 24.7. The zero-order valence-electron chi connectivity index (χ0n) is 15.5. The molecule has 29 heavy (non-hydrogen) atoms. The van der Waals surface area contributed by atoms with Gasteiger partial charge in [-0.05, 0) is 28.5 Å². The Morgan fingerprint density at radius 3 is 2.52 bits per heavy atom. The minimum absolute atomic E-state index is 0.664.